The van der Waals surface area contributed by atoms with Gasteiger partial charge in [0.2, 0.25) is 11.8 Å². The highest BCUT2D eigenvalue weighted by Crippen LogP contribution is 2.20. The van der Waals surface area contributed by atoms with Crippen LogP contribution in [0.1, 0.15) is 57.1 Å². The number of rotatable bonds is 23. The van der Waals surface area contributed by atoms with Gasteiger partial charge in [-0.2, -0.15) is 0 Å². The molecule has 4 atom stereocenters. The van der Waals surface area contributed by atoms with Crippen LogP contribution >= 0.6 is 0 Å². The first-order valence-electron chi connectivity index (χ1n) is 18.3. The van der Waals surface area contributed by atoms with E-state index in [0.29, 0.717) is 77.9 Å². The first-order valence-corrected chi connectivity index (χ1v) is 18.3. The highest BCUT2D eigenvalue weighted by molar-refractivity contribution is 5.94. The number of benzene rings is 2. The van der Waals surface area contributed by atoms with E-state index in [1.807, 2.05) is 79.4 Å². The highest BCUT2D eigenvalue weighted by atomic mass is 16.4. The number of hydrogen-bond acceptors (Lipinski definition) is 9. The van der Waals surface area contributed by atoms with Gasteiger partial charge in [0.1, 0.15) is 0 Å². The fourth-order valence-electron chi connectivity index (χ4n) is 6.48. The minimum atomic E-state index is -0.842. The number of Topliss-reactive ketones (excluding diaryl/α,β-unsaturated/α-hetero) is 2. The number of nitrogens with zero attached hydrogens (tertiary/aromatic N) is 2. The third-order valence-electron chi connectivity index (χ3n) is 9.39. The van der Waals surface area contributed by atoms with Crippen molar-refractivity contribution in [1.82, 2.24) is 20.4 Å². The fraction of sp³-hybridized carbons (Fsp3) is 0.564. The smallest absolute Gasteiger partial charge is 0.317 e. The van der Waals surface area contributed by atoms with Crippen molar-refractivity contribution in [3.8, 4) is 0 Å². The van der Waals surface area contributed by atoms with Gasteiger partial charge < -0.3 is 27.2 Å². The molecule has 0 unspecified atom stereocenters. The third-order valence-corrected chi connectivity index (χ3v) is 9.39. The summed E-state index contributed by atoms with van der Waals surface area (Å²) >= 11 is 0. The quantitative estimate of drug-likeness (QED) is 0.114. The van der Waals surface area contributed by atoms with Crippen molar-refractivity contribution >= 4 is 29.4 Å². The summed E-state index contributed by atoms with van der Waals surface area (Å²) in [6, 6.07) is 17.4. The van der Waals surface area contributed by atoms with E-state index in [1.165, 1.54) is 0 Å². The first-order chi connectivity index (χ1) is 24.4. The van der Waals surface area contributed by atoms with Crippen LogP contribution in [0.5, 0.6) is 0 Å². The number of amides is 2. The Bertz CT molecular complexity index is 1380. The van der Waals surface area contributed by atoms with Gasteiger partial charge in [-0.15, -0.1) is 0 Å². The lowest BCUT2D eigenvalue weighted by molar-refractivity contribution is -0.138. The molecule has 2 aromatic rings. The number of nitrogens with one attached hydrogen (secondary N) is 2. The van der Waals surface area contributed by atoms with Crippen LogP contribution in [0.2, 0.25) is 0 Å². The summed E-state index contributed by atoms with van der Waals surface area (Å²) in [7, 11) is 0. The Kier molecular flexibility index (Phi) is 17.9. The summed E-state index contributed by atoms with van der Waals surface area (Å²) in [4.78, 5) is 69.6. The maximum atomic E-state index is 13.9. The summed E-state index contributed by atoms with van der Waals surface area (Å²) in [5, 5.41) is 15.0. The number of carbonyl (C=O) groups excluding carboxylic acids is 4. The van der Waals surface area contributed by atoms with Gasteiger partial charge in [-0.05, 0) is 55.7 Å². The van der Waals surface area contributed by atoms with Gasteiger partial charge in [-0.3, -0.25) is 33.8 Å². The fourth-order valence-corrected chi connectivity index (χ4v) is 6.48. The van der Waals surface area contributed by atoms with Crippen LogP contribution in [-0.4, -0.2) is 109 Å². The molecule has 0 radical (unpaired) electrons. The van der Waals surface area contributed by atoms with E-state index in [-0.39, 0.29) is 48.7 Å². The number of hydrogen-bond donors (Lipinski definition) is 5. The maximum absolute atomic E-state index is 13.9. The van der Waals surface area contributed by atoms with Crippen molar-refractivity contribution in [2.75, 3.05) is 52.4 Å². The van der Waals surface area contributed by atoms with E-state index in [9.17, 15) is 24.0 Å². The summed E-state index contributed by atoms with van der Waals surface area (Å²) in [6.07, 6.45) is 1.98. The molecule has 1 heterocycles. The Morgan fingerprint density at radius 2 is 1.35 bits per heavy atom. The molecule has 0 spiro atoms. The van der Waals surface area contributed by atoms with Crippen LogP contribution < -0.4 is 22.1 Å². The predicted molar refractivity (Wildman–Crippen MR) is 198 cm³/mol. The van der Waals surface area contributed by atoms with E-state index >= 15 is 0 Å². The highest BCUT2D eigenvalue weighted by Gasteiger charge is 2.32. The maximum Gasteiger partial charge on any atom is 0.317 e. The standard InChI is InChI=1S/C39H58N6O6/c1-28(2)22-34(36(47)25-31(14-9-15-40)38(50)42-16-17-44-18-20-45(21-19-44)27-37(48)49)43-39(51)32(23-29-10-5-3-6-11-29)26-35(46)33(41)24-30-12-7-4-8-13-30/h3-8,10-13,28,31-34H,9,14-27,40-41H2,1-2H3,(H,42,50)(H,43,51)(H,48,49)/t31-,32-,33+,34+/m0/s1. The van der Waals surface area contributed by atoms with E-state index in [0.717, 1.165) is 11.1 Å². The Balaban J connectivity index is 1.65. The van der Waals surface area contributed by atoms with Crippen molar-refractivity contribution in [1.29, 1.82) is 0 Å². The average Bonchev–Trinajstić information content (AvgIpc) is 3.10. The first kappa shape index (κ1) is 41.5. The largest absolute Gasteiger partial charge is 0.480 e. The van der Waals surface area contributed by atoms with Gasteiger partial charge in [0, 0.05) is 63.9 Å². The Hall–Kier alpha value is -3.97. The molecule has 0 bridgehead atoms. The monoisotopic (exact) mass is 706 g/mol. The third kappa shape index (κ3) is 15.4. The van der Waals surface area contributed by atoms with Gasteiger partial charge in [0.15, 0.2) is 11.6 Å². The summed E-state index contributed by atoms with van der Waals surface area (Å²) in [5.41, 5.74) is 13.9. The van der Waals surface area contributed by atoms with Crippen LogP contribution in [0.15, 0.2) is 60.7 Å². The molecule has 3 rings (SSSR count). The van der Waals surface area contributed by atoms with Crippen LogP contribution in [0.4, 0.5) is 0 Å². The van der Waals surface area contributed by atoms with Gasteiger partial charge in [-0.1, -0.05) is 74.5 Å². The van der Waals surface area contributed by atoms with Crippen molar-refractivity contribution in [2.45, 2.75) is 70.9 Å². The molecular weight excluding hydrogens is 648 g/mol. The second-order valence-corrected chi connectivity index (χ2v) is 14.1. The molecule has 12 nitrogen and oxygen atoms in total. The predicted octanol–water partition coefficient (Wildman–Crippen LogP) is 2.04. The lowest BCUT2D eigenvalue weighted by atomic mass is 9.88. The average molecular weight is 707 g/mol. The molecule has 1 aliphatic heterocycles. The van der Waals surface area contributed by atoms with E-state index < -0.39 is 29.9 Å². The number of nitrogens with two attached hydrogens (primary N) is 2. The zero-order chi connectivity index (χ0) is 37.2. The lowest BCUT2D eigenvalue weighted by Gasteiger charge is -2.33. The summed E-state index contributed by atoms with van der Waals surface area (Å²) < 4.78 is 0. The lowest BCUT2D eigenvalue weighted by Crippen LogP contribution is -2.50. The minimum Gasteiger partial charge on any atom is -0.480 e. The molecule has 1 fully saturated rings. The van der Waals surface area contributed by atoms with E-state index in [1.54, 1.807) is 0 Å². The molecule has 51 heavy (non-hydrogen) atoms. The number of aliphatic carboxylic acids is 1. The molecule has 0 saturated carbocycles. The van der Waals surface area contributed by atoms with Crippen LogP contribution in [-0.2, 0) is 36.8 Å². The van der Waals surface area contributed by atoms with Gasteiger partial charge in [0.25, 0.3) is 0 Å². The molecule has 7 N–H and O–H groups in total. The molecule has 2 aromatic carbocycles. The Morgan fingerprint density at radius 1 is 0.784 bits per heavy atom. The second-order valence-electron chi connectivity index (χ2n) is 14.1. The number of ketones is 2. The number of carboxylic acids is 1. The number of carboxylic acid groups (broad SMARTS) is 1. The van der Waals surface area contributed by atoms with Gasteiger partial charge in [0.05, 0.1) is 18.6 Å². The second kappa shape index (κ2) is 22.1. The minimum absolute atomic E-state index is 0.0222. The number of piperazine rings is 1. The summed E-state index contributed by atoms with van der Waals surface area (Å²) in [5.74, 6) is -3.15. The van der Waals surface area contributed by atoms with Gasteiger partial charge >= 0.3 is 5.97 Å². The van der Waals surface area contributed by atoms with E-state index in [2.05, 4.69) is 15.5 Å². The molecule has 280 valence electrons. The zero-order valence-corrected chi connectivity index (χ0v) is 30.3. The SMILES string of the molecule is CC(C)C[C@@H](NC(=O)[C@H](CC(=O)[C@H](N)Cc1ccccc1)Cc1ccccc1)C(=O)C[C@H](CCCN)C(=O)NCCN1CCN(CC(=O)O)CC1. The van der Waals surface area contributed by atoms with Gasteiger partial charge in [-0.25, -0.2) is 0 Å². The Labute approximate surface area is 302 Å². The number of carbonyl (C=O) groups is 5. The zero-order valence-electron chi connectivity index (χ0n) is 30.3. The normalized spacial score (nSPS) is 16.2. The molecule has 2 amide bonds. The topological polar surface area (TPSA) is 188 Å². The van der Waals surface area contributed by atoms with E-state index in [4.69, 9.17) is 16.6 Å². The van der Waals surface area contributed by atoms with Crippen LogP contribution in [0.25, 0.3) is 0 Å². The van der Waals surface area contributed by atoms with Crippen molar-refractivity contribution < 1.29 is 29.1 Å². The summed E-state index contributed by atoms with van der Waals surface area (Å²) in [6.45, 7) is 8.09. The van der Waals surface area contributed by atoms with Crippen LogP contribution in [0, 0.1) is 17.8 Å². The molecule has 0 aromatic heterocycles. The van der Waals surface area contributed by atoms with Crippen molar-refractivity contribution in [3.63, 3.8) is 0 Å². The Morgan fingerprint density at radius 3 is 1.92 bits per heavy atom. The molecule has 1 saturated heterocycles. The molecular formula is C39H58N6O6. The molecule has 12 heteroatoms. The van der Waals surface area contributed by atoms with Crippen LogP contribution in [0.3, 0.4) is 0 Å². The van der Waals surface area contributed by atoms with Crippen molar-refractivity contribution in [2.24, 2.45) is 29.2 Å². The molecule has 0 aliphatic carbocycles. The van der Waals surface area contributed by atoms with Crippen molar-refractivity contribution in [3.05, 3.63) is 71.8 Å². The molecule has 1 aliphatic rings.